The quantitative estimate of drug-likeness (QED) is 0.767. The van der Waals surface area contributed by atoms with Gasteiger partial charge in [-0.3, -0.25) is 4.79 Å². The van der Waals surface area contributed by atoms with E-state index in [-0.39, 0.29) is 0 Å². The Morgan fingerprint density at radius 3 is 2.05 bits per heavy atom. The fourth-order valence-electron chi connectivity index (χ4n) is 5.32. The zero-order valence-corrected chi connectivity index (χ0v) is 11.5. The molecule has 4 aliphatic rings. The van der Waals surface area contributed by atoms with E-state index in [0.717, 1.165) is 17.8 Å². The van der Waals surface area contributed by atoms with Crippen LogP contribution < -0.4 is 5.32 Å². The van der Waals surface area contributed by atoms with Gasteiger partial charge in [0.05, 0.1) is 0 Å². The van der Waals surface area contributed by atoms with Gasteiger partial charge in [-0.25, -0.2) is 4.79 Å². The molecule has 0 aromatic rings. The Balaban J connectivity index is 1.64. The molecule has 106 valence electrons. The zero-order chi connectivity index (χ0) is 13.6. The molecule has 2 N–H and O–H groups in total. The summed E-state index contributed by atoms with van der Waals surface area (Å²) < 4.78 is 0. The number of amides is 1. The molecule has 4 heteroatoms. The molecule has 0 saturated heterocycles. The van der Waals surface area contributed by atoms with E-state index < -0.39 is 11.9 Å². The minimum absolute atomic E-state index is 0.376. The molecule has 0 radical (unpaired) electrons. The highest BCUT2D eigenvalue weighted by Crippen LogP contribution is 2.62. The van der Waals surface area contributed by atoms with Crippen molar-refractivity contribution in [3.8, 4) is 0 Å². The Kier molecular flexibility index (Phi) is 3.06. The molecule has 0 aromatic carbocycles. The number of rotatable bonds is 3. The normalized spacial score (nSPS) is 41.0. The summed E-state index contributed by atoms with van der Waals surface area (Å²) in [4.78, 5) is 21.7. The summed E-state index contributed by atoms with van der Waals surface area (Å²) in [5.41, 5.74) is 0.376. The molecule has 4 aliphatic carbocycles. The number of carbonyl (C=O) groups excluding carboxylic acids is 1. The van der Waals surface area contributed by atoms with E-state index in [1.54, 1.807) is 0 Å². The Morgan fingerprint density at radius 2 is 1.63 bits per heavy atom. The first-order valence-electron chi connectivity index (χ1n) is 7.49. The summed E-state index contributed by atoms with van der Waals surface area (Å²) in [7, 11) is 0. The monoisotopic (exact) mass is 265 g/mol. The lowest BCUT2D eigenvalue weighted by molar-refractivity contribution is -0.150. The van der Waals surface area contributed by atoms with Gasteiger partial charge in [-0.1, -0.05) is 6.92 Å². The number of hydrogen-bond donors (Lipinski definition) is 2. The van der Waals surface area contributed by atoms with Crippen LogP contribution in [0.2, 0.25) is 0 Å². The smallest absolute Gasteiger partial charge is 0.394 e. The van der Waals surface area contributed by atoms with Crippen LogP contribution in [0.1, 0.15) is 45.4 Å². The van der Waals surface area contributed by atoms with Crippen LogP contribution in [-0.4, -0.2) is 23.5 Å². The maximum Gasteiger partial charge on any atom is 0.394 e. The molecule has 19 heavy (non-hydrogen) atoms. The molecule has 1 amide bonds. The van der Waals surface area contributed by atoms with E-state index in [2.05, 4.69) is 12.2 Å². The van der Waals surface area contributed by atoms with Crippen LogP contribution >= 0.6 is 0 Å². The SMILES string of the molecule is CC(CNC(=O)C(=O)O)C12CC3CC(CC(C3)C1)C2. The van der Waals surface area contributed by atoms with Crippen LogP contribution in [0.3, 0.4) is 0 Å². The van der Waals surface area contributed by atoms with Gasteiger partial charge in [-0.2, -0.15) is 0 Å². The van der Waals surface area contributed by atoms with Crippen molar-refractivity contribution >= 4 is 11.9 Å². The molecule has 0 spiro atoms. The van der Waals surface area contributed by atoms with E-state index in [0.29, 0.717) is 17.9 Å². The third kappa shape index (κ3) is 2.26. The van der Waals surface area contributed by atoms with Crippen LogP contribution in [0.5, 0.6) is 0 Å². The average Bonchev–Trinajstić information content (AvgIpc) is 2.33. The van der Waals surface area contributed by atoms with Crippen molar-refractivity contribution in [2.24, 2.45) is 29.1 Å². The van der Waals surface area contributed by atoms with E-state index in [1.807, 2.05) is 0 Å². The topological polar surface area (TPSA) is 66.4 Å². The van der Waals surface area contributed by atoms with Crippen molar-refractivity contribution < 1.29 is 14.7 Å². The predicted octanol–water partition coefficient (Wildman–Crippen LogP) is 2.04. The second-order valence-electron chi connectivity index (χ2n) is 7.20. The maximum atomic E-state index is 11.2. The van der Waals surface area contributed by atoms with Gasteiger partial charge in [0.25, 0.3) is 0 Å². The summed E-state index contributed by atoms with van der Waals surface area (Å²) in [6.07, 6.45) is 8.11. The van der Waals surface area contributed by atoms with Gasteiger partial charge in [0.1, 0.15) is 0 Å². The molecule has 4 bridgehead atoms. The molecule has 0 aromatic heterocycles. The van der Waals surface area contributed by atoms with Crippen molar-refractivity contribution in [2.75, 3.05) is 6.54 Å². The van der Waals surface area contributed by atoms with Gasteiger partial charge in [0.2, 0.25) is 0 Å². The third-order valence-electron chi connectivity index (χ3n) is 5.89. The van der Waals surface area contributed by atoms with Gasteiger partial charge in [0, 0.05) is 6.54 Å². The van der Waals surface area contributed by atoms with E-state index >= 15 is 0 Å². The first-order valence-corrected chi connectivity index (χ1v) is 7.49. The van der Waals surface area contributed by atoms with Crippen molar-refractivity contribution in [1.82, 2.24) is 5.32 Å². The van der Waals surface area contributed by atoms with Crippen molar-refractivity contribution in [3.63, 3.8) is 0 Å². The largest absolute Gasteiger partial charge is 0.474 e. The molecule has 4 fully saturated rings. The molecule has 1 atom stereocenters. The fourth-order valence-corrected chi connectivity index (χ4v) is 5.32. The number of aliphatic carboxylic acids is 1. The van der Waals surface area contributed by atoms with Gasteiger partial charge < -0.3 is 10.4 Å². The minimum Gasteiger partial charge on any atom is -0.474 e. The lowest BCUT2D eigenvalue weighted by Gasteiger charge is -2.59. The highest BCUT2D eigenvalue weighted by Gasteiger charge is 2.52. The van der Waals surface area contributed by atoms with Gasteiger partial charge >= 0.3 is 11.9 Å². The number of carboxylic acids is 1. The summed E-state index contributed by atoms with van der Waals surface area (Å²) in [5.74, 6) is 0.829. The molecular weight excluding hydrogens is 242 g/mol. The van der Waals surface area contributed by atoms with Gasteiger partial charge in [-0.05, 0) is 67.6 Å². The Hall–Kier alpha value is -1.06. The lowest BCUT2D eigenvalue weighted by atomic mass is 9.46. The molecule has 0 heterocycles. The van der Waals surface area contributed by atoms with Crippen LogP contribution in [0.4, 0.5) is 0 Å². The zero-order valence-electron chi connectivity index (χ0n) is 11.5. The number of carboxylic acid groups (broad SMARTS) is 1. The van der Waals surface area contributed by atoms with Crippen molar-refractivity contribution in [2.45, 2.75) is 45.4 Å². The highest BCUT2D eigenvalue weighted by atomic mass is 16.4. The third-order valence-corrected chi connectivity index (χ3v) is 5.89. The highest BCUT2D eigenvalue weighted by molar-refractivity contribution is 6.31. The van der Waals surface area contributed by atoms with E-state index in [9.17, 15) is 9.59 Å². The van der Waals surface area contributed by atoms with Crippen molar-refractivity contribution in [3.05, 3.63) is 0 Å². The molecule has 4 nitrogen and oxygen atoms in total. The summed E-state index contributed by atoms with van der Waals surface area (Å²) >= 11 is 0. The fraction of sp³-hybridized carbons (Fsp3) is 0.867. The second-order valence-corrected chi connectivity index (χ2v) is 7.20. The number of carbonyl (C=O) groups is 2. The Labute approximate surface area is 113 Å². The molecule has 1 unspecified atom stereocenters. The Morgan fingerprint density at radius 1 is 1.16 bits per heavy atom. The van der Waals surface area contributed by atoms with Crippen LogP contribution in [0.25, 0.3) is 0 Å². The summed E-state index contributed by atoms with van der Waals surface area (Å²) in [6, 6.07) is 0. The van der Waals surface area contributed by atoms with Crippen LogP contribution in [-0.2, 0) is 9.59 Å². The second kappa shape index (κ2) is 4.50. The van der Waals surface area contributed by atoms with E-state index in [4.69, 9.17) is 5.11 Å². The molecule has 0 aliphatic heterocycles. The lowest BCUT2D eigenvalue weighted by Crippen LogP contribution is -2.51. The van der Waals surface area contributed by atoms with Gasteiger partial charge in [-0.15, -0.1) is 0 Å². The Bertz CT molecular complexity index is 369. The molecule has 4 saturated carbocycles. The first-order chi connectivity index (χ1) is 8.98. The maximum absolute atomic E-state index is 11.2. The van der Waals surface area contributed by atoms with Crippen molar-refractivity contribution in [1.29, 1.82) is 0 Å². The summed E-state index contributed by atoms with van der Waals surface area (Å²) in [6.45, 7) is 2.70. The predicted molar refractivity (Wildman–Crippen MR) is 70.4 cm³/mol. The summed E-state index contributed by atoms with van der Waals surface area (Å²) in [5, 5.41) is 11.2. The van der Waals surface area contributed by atoms with Crippen LogP contribution in [0.15, 0.2) is 0 Å². The average molecular weight is 265 g/mol. The molecular formula is C15H23NO3. The first kappa shape index (κ1) is 12.9. The minimum atomic E-state index is -1.38. The molecule has 4 rings (SSSR count). The number of nitrogens with one attached hydrogen (secondary N) is 1. The standard InChI is InChI=1S/C15H23NO3/c1-9(8-16-13(17)14(18)19)15-5-10-2-11(6-15)4-12(3-10)7-15/h9-12H,2-8H2,1H3,(H,16,17)(H,18,19). The van der Waals surface area contributed by atoms with E-state index in [1.165, 1.54) is 38.5 Å². The number of hydrogen-bond acceptors (Lipinski definition) is 2. The van der Waals surface area contributed by atoms with Gasteiger partial charge in [0.15, 0.2) is 0 Å². The van der Waals surface area contributed by atoms with Crippen LogP contribution in [0, 0.1) is 29.1 Å².